The lowest BCUT2D eigenvalue weighted by Gasteiger charge is -2.29. The Balaban J connectivity index is 2.66. The number of nitrogens with zero attached hydrogens (tertiary/aromatic N) is 2. The van der Waals surface area contributed by atoms with E-state index in [2.05, 4.69) is 23.7 Å². The van der Waals surface area contributed by atoms with Crippen LogP contribution in [-0.4, -0.2) is 48.5 Å². The molecule has 5 heteroatoms. The SMILES string of the molecule is CCN(CC(C)C(=O)c1ccc(F)cn1)C(C)COC. The number of halogens is 1. The van der Waals surface area contributed by atoms with Crippen molar-refractivity contribution in [2.75, 3.05) is 26.8 Å². The molecule has 1 heterocycles. The van der Waals surface area contributed by atoms with Crippen LogP contribution in [-0.2, 0) is 4.74 Å². The molecule has 2 atom stereocenters. The van der Waals surface area contributed by atoms with Gasteiger partial charge in [0.05, 0.1) is 12.8 Å². The monoisotopic (exact) mass is 282 g/mol. The molecule has 0 radical (unpaired) electrons. The summed E-state index contributed by atoms with van der Waals surface area (Å²) in [6.45, 7) is 8.11. The van der Waals surface area contributed by atoms with Crippen molar-refractivity contribution < 1.29 is 13.9 Å². The Morgan fingerprint density at radius 3 is 2.65 bits per heavy atom. The van der Waals surface area contributed by atoms with Crippen molar-refractivity contribution in [2.24, 2.45) is 5.92 Å². The van der Waals surface area contributed by atoms with E-state index in [1.807, 2.05) is 6.92 Å². The Morgan fingerprint density at radius 1 is 1.45 bits per heavy atom. The summed E-state index contributed by atoms with van der Waals surface area (Å²) in [5.41, 5.74) is 0.314. The number of rotatable bonds is 8. The number of methoxy groups -OCH3 is 1. The minimum Gasteiger partial charge on any atom is -0.383 e. The highest BCUT2D eigenvalue weighted by Crippen LogP contribution is 2.11. The maximum atomic E-state index is 12.8. The number of aromatic nitrogens is 1. The zero-order valence-electron chi connectivity index (χ0n) is 12.6. The lowest BCUT2D eigenvalue weighted by Crippen LogP contribution is -2.40. The average molecular weight is 282 g/mol. The molecule has 1 aromatic heterocycles. The van der Waals surface area contributed by atoms with Crippen LogP contribution in [0.4, 0.5) is 4.39 Å². The van der Waals surface area contributed by atoms with E-state index in [4.69, 9.17) is 4.74 Å². The Bertz CT molecular complexity index is 422. The van der Waals surface area contributed by atoms with Gasteiger partial charge in [0, 0.05) is 25.6 Å². The molecule has 1 rings (SSSR count). The van der Waals surface area contributed by atoms with Crippen molar-refractivity contribution >= 4 is 5.78 Å². The number of hydrogen-bond acceptors (Lipinski definition) is 4. The molecule has 0 aliphatic rings. The second-order valence-corrected chi connectivity index (χ2v) is 5.02. The first-order valence-corrected chi connectivity index (χ1v) is 6.88. The fourth-order valence-corrected chi connectivity index (χ4v) is 2.18. The van der Waals surface area contributed by atoms with Gasteiger partial charge in [-0.2, -0.15) is 0 Å². The van der Waals surface area contributed by atoms with E-state index in [1.54, 1.807) is 7.11 Å². The third-order valence-corrected chi connectivity index (χ3v) is 3.37. The molecule has 0 saturated carbocycles. The van der Waals surface area contributed by atoms with Gasteiger partial charge in [-0.15, -0.1) is 0 Å². The molecule has 0 amide bonds. The molecule has 1 aromatic rings. The number of hydrogen-bond donors (Lipinski definition) is 0. The van der Waals surface area contributed by atoms with E-state index in [-0.39, 0.29) is 17.7 Å². The summed E-state index contributed by atoms with van der Waals surface area (Å²) in [6.07, 6.45) is 1.07. The summed E-state index contributed by atoms with van der Waals surface area (Å²) in [7, 11) is 1.67. The highest BCUT2D eigenvalue weighted by Gasteiger charge is 2.21. The number of ketones is 1. The first-order valence-electron chi connectivity index (χ1n) is 6.88. The van der Waals surface area contributed by atoms with Crippen LogP contribution in [0.3, 0.4) is 0 Å². The van der Waals surface area contributed by atoms with Gasteiger partial charge in [-0.3, -0.25) is 14.7 Å². The van der Waals surface area contributed by atoms with Gasteiger partial charge < -0.3 is 4.74 Å². The summed E-state index contributed by atoms with van der Waals surface area (Å²) >= 11 is 0. The molecule has 0 saturated heterocycles. The van der Waals surface area contributed by atoms with Crippen LogP contribution >= 0.6 is 0 Å². The Kier molecular flexibility index (Phi) is 6.75. The van der Waals surface area contributed by atoms with Crippen LogP contribution in [0.2, 0.25) is 0 Å². The predicted octanol–water partition coefficient (Wildman–Crippen LogP) is 2.40. The fraction of sp³-hybridized carbons (Fsp3) is 0.600. The molecule has 0 N–H and O–H groups in total. The van der Waals surface area contributed by atoms with Crippen molar-refractivity contribution in [1.29, 1.82) is 0 Å². The normalized spacial score (nSPS) is 14.3. The van der Waals surface area contributed by atoms with E-state index < -0.39 is 5.82 Å². The molecule has 2 unspecified atom stereocenters. The van der Waals surface area contributed by atoms with Gasteiger partial charge in [0.25, 0.3) is 0 Å². The fourth-order valence-electron chi connectivity index (χ4n) is 2.18. The third kappa shape index (κ3) is 4.65. The smallest absolute Gasteiger partial charge is 0.185 e. The van der Waals surface area contributed by atoms with Crippen LogP contribution in [0.15, 0.2) is 18.3 Å². The minimum absolute atomic E-state index is 0.0620. The third-order valence-electron chi connectivity index (χ3n) is 3.37. The first kappa shape index (κ1) is 16.7. The average Bonchev–Trinajstić information content (AvgIpc) is 2.44. The van der Waals surface area contributed by atoms with Crippen molar-refractivity contribution in [3.05, 3.63) is 29.8 Å². The van der Waals surface area contributed by atoms with Gasteiger partial charge in [0.15, 0.2) is 5.78 Å². The Hall–Kier alpha value is -1.33. The molecule has 0 fully saturated rings. The summed E-state index contributed by atoms with van der Waals surface area (Å²) in [4.78, 5) is 18.3. The van der Waals surface area contributed by atoms with Gasteiger partial charge in [-0.25, -0.2) is 4.39 Å². The number of likely N-dealkylation sites (N-methyl/N-ethyl adjacent to an activating group) is 1. The molecule has 0 aromatic carbocycles. The van der Waals surface area contributed by atoms with Gasteiger partial charge >= 0.3 is 0 Å². The molecule has 0 bridgehead atoms. The molecule has 0 aliphatic carbocycles. The summed E-state index contributed by atoms with van der Waals surface area (Å²) in [5.74, 6) is -0.682. The first-order chi connectivity index (χ1) is 9.49. The van der Waals surface area contributed by atoms with E-state index >= 15 is 0 Å². The number of ether oxygens (including phenoxy) is 1. The molecule has 0 aliphatic heterocycles. The van der Waals surface area contributed by atoms with E-state index in [0.717, 1.165) is 12.7 Å². The van der Waals surface area contributed by atoms with Gasteiger partial charge in [0.1, 0.15) is 11.5 Å². The lowest BCUT2D eigenvalue weighted by atomic mass is 10.0. The summed E-state index contributed by atoms with van der Waals surface area (Å²) in [6, 6.07) is 2.95. The van der Waals surface area contributed by atoms with Gasteiger partial charge in [-0.1, -0.05) is 13.8 Å². The topological polar surface area (TPSA) is 42.4 Å². The maximum absolute atomic E-state index is 12.8. The van der Waals surface area contributed by atoms with E-state index in [0.29, 0.717) is 18.8 Å². The number of carbonyl (C=O) groups excluding carboxylic acids is 1. The zero-order chi connectivity index (χ0) is 15.1. The molecule has 112 valence electrons. The molecule has 0 spiro atoms. The molecule has 20 heavy (non-hydrogen) atoms. The highest BCUT2D eigenvalue weighted by atomic mass is 19.1. The largest absolute Gasteiger partial charge is 0.383 e. The molecular weight excluding hydrogens is 259 g/mol. The Morgan fingerprint density at radius 2 is 2.15 bits per heavy atom. The quantitative estimate of drug-likeness (QED) is 0.687. The van der Waals surface area contributed by atoms with Crippen molar-refractivity contribution in [2.45, 2.75) is 26.8 Å². The van der Waals surface area contributed by atoms with Crippen molar-refractivity contribution in [3.8, 4) is 0 Å². The zero-order valence-corrected chi connectivity index (χ0v) is 12.6. The Labute approximate surface area is 120 Å². The molecule has 4 nitrogen and oxygen atoms in total. The number of carbonyl (C=O) groups is 1. The maximum Gasteiger partial charge on any atom is 0.185 e. The van der Waals surface area contributed by atoms with Crippen molar-refractivity contribution in [3.63, 3.8) is 0 Å². The van der Waals surface area contributed by atoms with Gasteiger partial charge in [0.2, 0.25) is 0 Å². The van der Waals surface area contributed by atoms with Crippen molar-refractivity contribution in [1.82, 2.24) is 9.88 Å². The number of Topliss-reactive ketones (excluding diaryl/α,β-unsaturated/α-hetero) is 1. The predicted molar refractivity (Wildman–Crippen MR) is 76.3 cm³/mol. The van der Waals surface area contributed by atoms with Crippen LogP contribution in [0.25, 0.3) is 0 Å². The minimum atomic E-state index is -0.432. The number of pyridine rings is 1. The standard InChI is InChI=1S/C15H23FN2O2/c1-5-18(12(3)10-20-4)9-11(2)15(19)14-7-6-13(16)8-17-14/h6-8,11-12H,5,9-10H2,1-4H3. The van der Waals surface area contributed by atoms with E-state index in [1.165, 1.54) is 12.1 Å². The van der Waals surface area contributed by atoms with Crippen LogP contribution < -0.4 is 0 Å². The summed E-state index contributed by atoms with van der Waals surface area (Å²) in [5, 5.41) is 0. The summed E-state index contributed by atoms with van der Waals surface area (Å²) < 4.78 is 18.0. The van der Waals surface area contributed by atoms with Crippen LogP contribution in [0.1, 0.15) is 31.3 Å². The van der Waals surface area contributed by atoms with E-state index in [9.17, 15) is 9.18 Å². The second-order valence-electron chi connectivity index (χ2n) is 5.02. The van der Waals surface area contributed by atoms with Gasteiger partial charge in [-0.05, 0) is 25.6 Å². The van der Waals surface area contributed by atoms with Crippen LogP contribution in [0, 0.1) is 11.7 Å². The highest BCUT2D eigenvalue weighted by molar-refractivity contribution is 5.95. The van der Waals surface area contributed by atoms with Crippen LogP contribution in [0.5, 0.6) is 0 Å². The lowest BCUT2D eigenvalue weighted by molar-refractivity contribution is 0.0765. The molecular formula is C15H23FN2O2. The second kappa shape index (κ2) is 8.07.